The molecular formula is C26H26FN3O5. The summed E-state index contributed by atoms with van der Waals surface area (Å²) in [6, 6.07) is 8.51. The first-order valence-corrected chi connectivity index (χ1v) is 12.3. The number of ether oxygens (including phenoxy) is 3. The summed E-state index contributed by atoms with van der Waals surface area (Å²) in [6.07, 6.45) is 4.23. The Hall–Kier alpha value is -3.20. The van der Waals surface area contributed by atoms with Gasteiger partial charge in [-0.1, -0.05) is 6.07 Å². The van der Waals surface area contributed by atoms with Crippen molar-refractivity contribution in [3.63, 3.8) is 0 Å². The molecule has 1 saturated carbocycles. The third kappa shape index (κ3) is 3.55. The van der Waals surface area contributed by atoms with Crippen LogP contribution in [0.15, 0.2) is 36.5 Å². The fraction of sp³-hybridized carbons (Fsp3) is 0.500. The number of benzene rings is 1. The number of fused-ring (bicyclic) bond motifs is 3. The topological polar surface area (TPSA) is 81.2 Å². The van der Waals surface area contributed by atoms with Crippen molar-refractivity contribution >= 4 is 11.9 Å². The van der Waals surface area contributed by atoms with Crippen LogP contribution in [0.4, 0.5) is 4.39 Å². The van der Waals surface area contributed by atoms with Crippen molar-refractivity contribution in [3.8, 4) is 11.5 Å². The molecule has 9 heteroatoms. The summed E-state index contributed by atoms with van der Waals surface area (Å²) in [4.78, 5) is 34.6. The van der Waals surface area contributed by atoms with Crippen LogP contribution in [0.1, 0.15) is 41.7 Å². The van der Waals surface area contributed by atoms with E-state index in [4.69, 9.17) is 14.2 Å². The van der Waals surface area contributed by atoms with E-state index in [9.17, 15) is 14.0 Å². The molecule has 1 amide bonds. The number of nitrogens with zero attached hydrogens (tertiary/aromatic N) is 3. The van der Waals surface area contributed by atoms with Gasteiger partial charge < -0.3 is 19.1 Å². The summed E-state index contributed by atoms with van der Waals surface area (Å²) in [6.45, 7) is 1.50. The van der Waals surface area contributed by atoms with Gasteiger partial charge in [0, 0.05) is 25.2 Å². The van der Waals surface area contributed by atoms with Crippen LogP contribution in [-0.4, -0.2) is 64.2 Å². The molecule has 4 fully saturated rings. The standard InChI is InChI=1S/C26H26FN3O5/c27-17-4-5-18(28-10-17)25(31)30-12-15-7-19-23(30)24(35-26(32)16-2-3-16)20(8-15)29(19)11-14-1-6-21-22(9-14)34-13-33-21/h1,4-6,9-10,15-16,19-20,23-24H,2-3,7-8,11-13H2/t15?,19-,20+,23-,24+/m0/s1. The van der Waals surface area contributed by atoms with Gasteiger partial charge in [-0.25, -0.2) is 9.37 Å². The average Bonchev–Trinajstić information content (AvgIpc) is 3.61. The molecule has 0 N–H and O–H groups in total. The molecule has 1 aliphatic carbocycles. The van der Waals surface area contributed by atoms with Crippen LogP contribution in [0.25, 0.3) is 0 Å². The third-order valence-corrected chi connectivity index (χ3v) is 8.10. The van der Waals surface area contributed by atoms with E-state index in [1.165, 1.54) is 12.1 Å². The molecular weight excluding hydrogens is 453 g/mol. The number of hydrogen-bond acceptors (Lipinski definition) is 7. The number of halogens is 1. The van der Waals surface area contributed by atoms with E-state index in [1.54, 1.807) is 0 Å². The van der Waals surface area contributed by atoms with Gasteiger partial charge in [-0.3, -0.25) is 14.5 Å². The second-order valence-corrected chi connectivity index (χ2v) is 10.3. The Labute approximate surface area is 202 Å². The Morgan fingerprint density at radius 3 is 2.71 bits per heavy atom. The summed E-state index contributed by atoms with van der Waals surface area (Å²) in [5.74, 6) is 0.927. The molecule has 35 heavy (non-hydrogen) atoms. The molecule has 1 aromatic heterocycles. The normalized spacial score (nSPS) is 30.5. The van der Waals surface area contributed by atoms with E-state index in [-0.39, 0.29) is 54.5 Å². The lowest BCUT2D eigenvalue weighted by atomic mass is 9.86. The lowest BCUT2D eigenvalue weighted by Crippen LogP contribution is -2.58. The van der Waals surface area contributed by atoms with Gasteiger partial charge in [-0.05, 0) is 61.4 Å². The van der Waals surface area contributed by atoms with Gasteiger partial charge in [-0.2, -0.15) is 0 Å². The van der Waals surface area contributed by atoms with Crippen molar-refractivity contribution in [3.05, 3.63) is 53.6 Å². The number of hydrogen-bond donors (Lipinski definition) is 0. The molecule has 3 bridgehead atoms. The predicted octanol–water partition coefficient (Wildman–Crippen LogP) is 2.76. The fourth-order valence-electron chi connectivity index (χ4n) is 6.39. The Morgan fingerprint density at radius 1 is 1.09 bits per heavy atom. The zero-order valence-electron chi connectivity index (χ0n) is 19.1. The number of piperidine rings is 2. The predicted molar refractivity (Wildman–Crippen MR) is 120 cm³/mol. The van der Waals surface area contributed by atoms with Crippen molar-refractivity contribution < 1.29 is 28.2 Å². The molecule has 182 valence electrons. The summed E-state index contributed by atoms with van der Waals surface area (Å²) in [5.41, 5.74) is 1.31. The molecule has 5 atom stereocenters. The number of aromatic nitrogens is 1. The maximum Gasteiger partial charge on any atom is 0.309 e. The highest BCUT2D eigenvalue weighted by atomic mass is 19.1. The van der Waals surface area contributed by atoms with Crippen LogP contribution in [0.5, 0.6) is 11.5 Å². The SMILES string of the molecule is O=C(O[C@H]1[C@@H]2[C@@H]3CC(C[C@H]1N3Cc1ccc3c(c1)OCO3)CN2C(=O)c1ccc(F)cn1)C1CC1. The molecule has 8 nitrogen and oxygen atoms in total. The fourth-order valence-corrected chi connectivity index (χ4v) is 6.39. The van der Waals surface area contributed by atoms with E-state index >= 15 is 0 Å². The van der Waals surface area contributed by atoms with Crippen LogP contribution < -0.4 is 9.47 Å². The van der Waals surface area contributed by atoms with Crippen molar-refractivity contribution in [2.75, 3.05) is 13.3 Å². The first-order chi connectivity index (χ1) is 17.0. The van der Waals surface area contributed by atoms with Crippen molar-refractivity contribution in [2.24, 2.45) is 11.8 Å². The van der Waals surface area contributed by atoms with E-state index in [1.807, 2.05) is 23.1 Å². The summed E-state index contributed by atoms with van der Waals surface area (Å²) in [7, 11) is 0. The lowest BCUT2D eigenvalue weighted by molar-refractivity contribution is -0.153. The number of esters is 1. The highest BCUT2D eigenvalue weighted by Gasteiger charge is 2.61. The van der Waals surface area contributed by atoms with Crippen molar-refractivity contribution in [1.29, 1.82) is 0 Å². The first-order valence-electron chi connectivity index (χ1n) is 12.3. The Morgan fingerprint density at radius 2 is 1.91 bits per heavy atom. The Balaban J connectivity index is 1.21. The minimum Gasteiger partial charge on any atom is -0.458 e. The number of carbonyl (C=O) groups is 2. The van der Waals surface area contributed by atoms with Gasteiger partial charge in [0.1, 0.15) is 17.6 Å². The number of rotatable bonds is 5. The molecule has 1 unspecified atom stereocenters. The zero-order chi connectivity index (χ0) is 23.7. The molecule has 5 heterocycles. The van der Waals surface area contributed by atoms with Gasteiger partial charge in [0.2, 0.25) is 6.79 Å². The minimum atomic E-state index is -0.479. The number of amides is 1. The maximum atomic E-state index is 13.5. The van der Waals surface area contributed by atoms with Crippen LogP contribution in [0, 0.1) is 17.7 Å². The second kappa shape index (κ2) is 7.91. The molecule has 7 rings (SSSR count). The third-order valence-electron chi connectivity index (χ3n) is 8.10. The smallest absolute Gasteiger partial charge is 0.309 e. The largest absolute Gasteiger partial charge is 0.458 e. The molecule has 4 aliphatic heterocycles. The average molecular weight is 480 g/mol. The lowest BCUT2D eigenvalue weighted by Gasteiger charge is -2.46. The quantitative estimate of drug-likeness (QED) is 0.610. The van der Waals surface area contributed by atoms with Crippen molar-refractivity contribution in [2.45, 2.75) is 56.5 Å². The van der Waals surface area contributed by atoms with Crippen LogP contribution in [-0.2, 0) is 16.1 Å². The molecule has 0 radical (unpaired) electrons. The summed E-state index contributed by atoms with van der Waals surface area (Å²) in [5, 5.41) is 0. The van der Waals surface area contributed by atoms with Crippen LogP contribution in [0.3, 0.4) is 0 Å². The van der Waals surface area contributed by atoms with Crippen molar-refractivity contribution in [1.82, 2.24) is 14.8 Å². The number of likely N-dealkylation sites (tertiary alicyclic amines) is 1. The summed E-state index contributed by atoms with van der Waals surface area (Å²) >= 11 is 0. The molecule has 2 aromatic rings. The minimum absolute atomic E-state index is 0.0159. The van der Waals surface area contributed by atoms with Gasteiger partial charge in [0.25, 0.3) is 5.91 Å². The zero-order valence-corrected chi connectivity index (χ0v) is 19.1. The highest BCUT2D eigenvalue weighted by molar-refractivity contribution is 5.92. The summed E-state index contributed by atoms with van der Waals surface area (Å²) < 4.78 is 30.6. The van der Waals surface area contributed by atoms with Gasteiger partial charge >= 0.3 is 5.97 Å². The Kier molecular flexibility index (Phi) is 4.77. The van der Waals surface area contributed by atoms with Crippen LogP contribution >= 0.6 is 0 Å². The molecule has 0 spiro atoms. The monoisotopic (exact) mass is 479 g/mol. The van der Waals surface area contributed by atoms with E-state index in [0.29, 0.717) is 19.0 Å². The maximum absolute atomic E-state index is 13.5. The van der Waals surface area contributed by atoms with E-state index in [2.05, 4.69) is 9.88 Å². The molecule has 1 aromatic carbocycles. The van der Waals surface area contributed by atoms with Gasteiger partial charge in [0.15, 0.2) is 11.5 Å². The highest BCUT2D eigenvalue weighted by Crippen LogP contribution is 2.48. The first kappa shape index (κ1) is 21.1. The van der Waals surface area contributed by atoms with E-state index in [0.717, 1.165) is 48.9 Å². The van der Waals surface area contributed by atoms with E-state index < -0.39 is 5.82 Å². The van der Waals surface area contributed by atoms with Crippen LogP contribution in [0.2, 0.25) is 0 Å². The molecule has 5 aliphatic rings. The van der Waals surface area contributed by atoms with Gasteiger partial charge in [0.05, 0.1) is 18.2 Å². The number of pyridine rings is 1. The second-order valence-electron chi connectivity index (χ2n) is 10.3. The number of carbonyl (C=O) groups excluding carboxylic acids is 2. The Bertz CT molecular complexity index is 1190. The molecule has 3 saturated heterocycles. The van der Waals surface area contributed by atoms with Gasteiger partial charge in [-0.15, -0.1) is 0 Å².